The first-order valence-corrected chi connectivity index (χ1v) is 32.2. The molecule has 0 saturated carbocycles. The van der Waals surface area contributed by atoms with Gasteiger partial charge in [0, 0.05) is 112 Å². The lowest BCUT2D eigenvalue weighted by molar-refractivity contribution is 0.668. The number of benzene rings is 14. The summed E-state index contributed by atoms with van der Waals surface area (Å²) < 4.78 is 27.4. The third-order valence-electron chi connectivity index (χ3n) is 20.6. The fraction of sp³-hybridized carbons (Fsp3) is 0. The van der Waals surface area contributed by atoms with Crippen LogP contribution in [0.4, 0.5) is 68.2 Å². The maximum absolute atomic E-state index is 7.36. The monoisotopic (exact) mass is 1200 g/mol. The third-order valence-corrected chi connectivity index (χ3v) is 20.6. The average Bonchev–Trinajstić information content (AvgIpc) is 1.07. The van der Waals surface area contributed by atoms with Gasteiger partial charge in [-0.15, -0.1) is 0 Å². The quantitative estimate of drug-likeness (QED) is 0.158. The van der Waals surface area contributed by atoms with Gasteiger partial charge in [0.1, 0.15) is 33.5 Å². The molecule has 0 atom stereocenters. The van der Waals surface area contributed by atoms with Gasteiger partial charge in [0.15, 0.2) is 11.2 Å². The normalized spacial score (nSPS) is 13.6. The highest BCUT2D eigenvalue weighted by molar-refractivity contribution is 7.01. The second-order valence-corrected chi connectivity index (χ2v) is 25.4. The molecule has 14 aromatic carbocycles. The zero-order valence-corrected chi connectivity index (χ0v) is 50.3. The van der Waals surface area contributed by atoms with E-state index in [4.69, 9.17) is 17.7 Å². The van der Waals surface area contributed by atoms with Crippen LogP contribution in [0.15, 0.2) is 309 Å². The minimum Gasteiger partial charge on any atom is -0.456 e. The van der Waals surface area contributed by atoms with E-state index in [2.05, 4.69) is 287 Å². The lowest BCUT2D eigenvalue weighted by atomic mass is 9.33. The van der Waals surface area contributed by atoms with Gasteiger partial charge >= 0.3 is 0 Å². The molecule has 10 heteroatoms. The molecule has 4 aromatic heterocycles. The summed E-state index contributed by atoms with van der Waals surface area (Å²) in [7, 11) is 0. The van der Waals surface area contributed by atoms with Crippen LogP contribution in [0.5, 0.6) is 0 Å². The Morgan fingerprint density at radius 2 is 0.532 bits per heavy atom. The van der Waals surface area contributed by atoms with E-state index in [0.717, 1.165) is 167 Å². The molecule has 0 aliphatic carbocycles. The molecule has 22 rings (SSSR count). The second-order valence-electron chi connectivity index (χ2n) is 25.4. The molecule has 8 heterocycles. The number of rotatable bonds is 5. The number of nitrogens with zero attached hydrogens (tertiary/aromatic N) is 4. The van der Waals surface area contributed by atoms with Crippen molar-refractivity contribution < 1.29 is 17.7 Å². The molecule has 0 unspecified atom stereocenters. The first-order chi connectivity index (χ1) is 46.6. The first-order valence-electron chi connectivity index (χ1n) is 32.2. The molecule has 94 heavy (non-hydrogen) atoms. The van der Waals surface area contributed by atoms with Crippen LogP contribution >= 0.6 is 0 Å². The summed E-state index contributed by atoms with van der Waals surface area (Å²) in [6.45, 7) is -0.135. The highest BCUT2D eigenvalue weighted by atomic mass is 16.3. The molecule has 0 N–H and O–H groups in total. The van der Waals surface area contributed by atoms with E-state index in [9.17, 15) is 0 Å². The topological polar surface area (TPSA) is 65.5 Å². The zero-order valence-electron chi connectivity index (χ0n) is 50.3. The van der Waals surface area contributed by atoms with Crippen LogP contribution in [0.2, 0.25) is 0 Å². The Morgan fingerprint density at radius 3 is 1.07 bits per heavy atom. The predicted octanol–water partition coefficient (Wildman–Crippen LogP) is 19.1. The number of para-hydroxylation sites is 8. The van der Waals surface area contributed by atoms with Gasteiger partial charge in [-0.05, 0) is 159 Å². The Kier molecular flexibility index (Phi) is 9.98. The highest BCUT2D eigenvalue weighted by Gasteiger charge is 2.46. The van der Waals surface area contributed by atoms with Crippen LogP contribution in [-0.2, 0) is 0 Å². The molecule has 434 valence electrons. The molecule has 0 bridgehead atoms. The summed E-state index contributed by atoms with van der Waals surface area (Å²) in [4.78, 5) is 9.75. The van der Waals surface area contributed by atoms with Gasteiger partial charge in [0.25, 0.3) is 13.4 Å². The van der Waals surface area contributed by atoms with Gasteiger partial charge in [0.05, 0.1) is 11.4 Å². The summed E-state index contributed by atoms with van der Waals surface area (Å²) >= 11 is 0. The Morgan fingerprint density at radius 1 is 0.202 bits per heavy atom. The number of hydrogen-bond acceptors (Lipinski definition) is 8. The van der Waals surface area contributed by atoms with E-state index >= 15 is 0 Å². The van der Waals surface area contributed by atoms with Crippen molar-refractivity contribution in [1.82, 2.24) is 0 Å². The molecule has 0 spiro atoms. The van der Waals surface area contributed by atoms with Crippen molar-refractivity contribution in [3.63, 3.8) is 0 Å². The van der Waals surface area contributed by atoms with Gasteiger partial charge in [0.2, 0.25) is 0 Å². The summed E-state index contributed by atoms with van der Waals surface area (Å²) in [5.74, 6) is 0. The molecule has 18 aromatic rings. The van der Waals surface area contributed by atoms with Crippen molar-refractivity contribution in [2.24, 2.45) is 0 Å². The van der Waals surface area contributed by atoms with Crippen LogP contribution < -0.4 is 52.4 Å². The maximum Gasteiger partial charge on any atom is 0.252 e. The van der Waals surface area contributed by atoms with E-state index in [-0.39, 0.29) is 13.4 Å². The Balaban J connectivity index is 0.705. The molecule has 8 nitrogen and oxygen atoms in total. The van der Waals surface area contributed by atoms with Gasteiger partial charge in [-0.1, -0.05) is 164 Å². The highest BCUT2D eigenvalue weighted by Crippen LogP contribution is 2.51. The fourth-order valence-corrected chi connectivity index (χ4v) is 16.7. The fourth-order valence-electron chi connectivity index (χ4n) is 16.7. The van der Waals surface area contributed by atoms with E-state index in [1.165, 1.54) is 32.8 Å². The zero-order chi connectivity index (χ0) is 61.0. The molecule has 0 amide bonds. The number of furan rings is 4. The summed E-state index contributed by atoms with van der Waals surface area (Å²) in [5.41, 5.74) is 29.4. The minimum absolute atomic E-state index is 0.0259. The van der Waals surface area contributed by atoms with Gasteiger partial charge in [-0.25, -0.2) is 0 Å². The Hall–Kier alpha value is -12.4. The van der Waals surface area contributed by atoms with Crippen molar-refractivity contribution in [1.29, 1.82) is 0 Å². The Bertz CT molecular complexity index is 6340. The van der Waals surface area contributed by atoms with Crippen LogP contribution in [0.3, 0.4) is 0 Å². The van der Waals surface area contributed by atoms with Crippen molar-refractivity contribution in [3.05, 3.63) is 291 Å². The lowest BCUT2D eigenvalue weighted by Crippen LogP contribution is -2.61. The van der Waals surface area contributed by atoms with E-state index in [1.54, 1.807) is 0 Å². The standard InChI is InChI=1S/C84H48B2N4O4/c1-10-34-75-53(17-1)56-42-39-51(47-79(56)91-75)87-65-25-7-4-22-61(65)86-64-45-49(38-44-68(64)88(70-29-15-28-69(87)81(70)86)52-40-43-57-54-18-2-11-35-76(54)92-80(57)48-52)50-37-41-58-60-21-14-33-74(84(60)94-78(58)46-50)90-67-27-9-6-24-63(67)85-62-23-5-8-26-66(62)89(71-30-16-31-72(90)82(71)85)73-32-13-20-59-55-19-3-12-36-77(55)93-83(59)73/h1-48H. The van der Waals surface area contributed by atoms with E-state index in [0.29, 0.717) is 0 Å². The first kappa shape index (κ1) is 50.4. The van der Waals surface area contributed by atoms with Crippen LogP contribution in [0, 0.1) is 0 Å². The molecular weight excluding hydrogens is 1150 g/mol. The molecule has 0 radical (unpaired) electrons. The van der Waals surface area contributed by atoms with Gasteiger partial charge < -0.3 is 37.3 Å². The average molecular weight is 1200 g/mol. The maximum atomic E-state index is 7.36. The number of anilines is 12. The lowest BCUT2D eigenvalue weighted by Gasteiger charge is -2.44. The Labute approximate surface area is 538 Å². The molecular formula is C84H48B2N4O4. The number of hydrogen-bond donors (Lipinski definition) is 0. The molecule has 0 saturated heterocycles. The van der Waals surface area contributed by atoms with Crippen molar-refractivity contribution >= 4 is 202 Å². The van der Waals surface area contributed by atoms with Crippen molar-refractivity contribution in [3.8, 4) is 11.1 Å². The largest absolute Gasteiger partial charge is 0.456 e. The van der Waals surface area contributed by atoms with Crippen LogP contribution in [0.1, 0.15) is 0 Å². The van der Waals surface area contributed by atoms with Crippen LogP contribution in [-0.4, -0.2) is 13.4 Å². The van der Waals surface area contributed by atoms with E-state index < -0.39 is 0 Å². The van der Waals surface area contributed by atoms with Crippen molar-refractivity contribution in [2.75, 3.05) is 19.6 Å². The smallest absolute Gasteiger partial charge is 0.252 e. The summed E-state index contributed by atoms with van der Waals surface area (Å²) in [6, 6.07) is 106. The van der Waals surface area contributed by atoms with Gasteiger partial charge in [-0.3, -0.25) is 0 Å². The predicted molar refractivity (Wildman–Crippen MR) is 389 cm³/mol. The SMILES string of the molecule is c1ccc2c(c1)B1c3cc(-c4ccc5c(c4)oc4c(N6c7ccccc7B7c8ccccc8N(c8cccc9c8oc8ccccc89)c8cccc6c87)cccc45)ccc3N(c3ccc4c(c3)oc3ccccc34)c3cccc(c31)N2c1ccc2c(c1)oc1ccccc12. The van der Waals surface area contributed by atoms with E-state index in [1.807, 2.05) is 24.3 Å². The third kappa shape index (κ3) is 6.77. The van der Waals surface area contributed by atoms with Crippen molar-refractivity contribution in [2.45, 2.75) is 0 Å². The minimum atomic E-state index is -0.109. The van der Waals surface area contributed by atoms with Gasteiger partial charge in [-0.2, -0.15) is 0 Å². The summed E-state index contributed by atoms with van der Waals surface area (Å²) in [5, 5.41) is 8.72. The molecule has 4 aliphatic heterocycles. The summed E-state index contributed by atoms with van der Waals surface area (Å²) in [6.07, 6.45) is 0. The molecule has 0 fully saturated rings. The van der Waals surface area contributed by atoms with Crippen LogP contribution in [0.25, 0.3) is 98.9 Å². The second kappa shape index (κ2) is 18.6. The number of fused-ring (bicyclic) bond motifs is 20. The molecule has 4 aliphatic rings.